The molecule has 2 amide bonds. The first-order valence-electron chi connectivity index (χ1n) is 8.64. The Morgan fingerprint density at radius 1 is 1.41 bits per heavy atom. The molecule has 2 heterocycles. The minimum atomic E-state index is -0.325. The number of aromatic nitrogens is 1. The van der Waals surface area contributed by atoms with Crippen molar-refractivity contribution in [2.45, 2.75) is 30.7 Å². The largest absolute Gasteiger partial charge is 0.495 e. The van der Waals surface area contributed by atoms with E-state index < -0.39 is 0 Å². The van der Waals surface area contributed by atoms with Crippen LogP contribution in [0.15, 0.2) is 24.3 Å². The van der Waals surface area contributed by atoms with Crippen molar-refractivity contribution in [2.75, 3.05) is 17.7 Å². The minimum absolute atomic E-state index is 0.000304. The molecule has 2 N–H and O–H groups in total. The van der Waals surface area contributed by atoms with Crippen LogP contribution in [0.4, 0.5) is 11.5 Å². The summed E-state index contributed by atoms with van der Waals surface area (Å²) in [6.45, 7) is 0. The highest BCUT2D eigenvalue weighted by Gasteiger charge is 2.42. The number of nitrogens with zero attached hydrogens (tertiary/aromatic N) is 1. The van der Waals surface area contributed by atoms with Gasteiger partial charge in [0.05, 0.1) is 18.7 Å². The first-order valence-corrected chi connectivity index (χ1v) is 10.3. The number of thiazole rings is 1. The normalized spacial score (nSPS) is 23.8. The predicted octanol–water partition coefficient (Wildman–Crippen LogP) is 4.44. The van der Waals surface area contributed by atoms with Gasteiger partial charge in [-0.15, -0.1) is 11.6 Å². The first-order chi connectivity index (χ1) is 13.0. The maximum Gasteiger partial charge on any atom is 0.269 e. The standard InChI is InChI=1S/C18H18ClN3O3S2/c1-25-13-5-3-2-4-11(13)20-17(24)14-15-21-16(23)10-8-9(19)6-7-12(10)22(15)18(26)27-14/h2-5,9-10,12H,6-8H2,1H3,(H,20,24)(H,21,23). The Bertz CT molecular complexity index is 971. The number of methoxy groups -OCH3 is 1. The molecule has 0 spiro atoms. The number of rotatable bonds is 3. The van der Waals surface area contributed by atoms with E-state index in [2.05, 4.69) is 10.6 Å². The number of fused-ring (bicyclic) bond motifs is 3. The van der Waals surface area contributed by atoms with Crippen LogP contribution >= 0.6 is 35.2 Å². The maximum atomic E-state index is 12.9. The lowest BCUT2D eigenvalue weighted by Crippen LogP contribution is -2.41. The van der Waals surface area contributed by atoms with Crippen LogP contribution in [0.1, 0.15) is 35.0 Å². The summed E-state index contributed by atoms with van der Waals surface area (Å²) in [6, 6.07) is 7.12. The third kappa shape index (κ3) is 3.26. The lowest BCUT2D eigenvalue weighted by molar-refractivity contribution is -0.123. The van der Waals surface area contributed by atoms with E-state index in [-0.39, 0.29) is 29.2 Å². The number of carbonyl (C=O) groups is 2. The van der Waals surface area contributed by atoms with Crippen LogP contribution in [0.3, 0.4) is 0 Å². The molecule has 1 aromatic heterocycles. The second-order valence-corrected chi connectivity index (χ2v) is 8.90. The lowest BCUT2D eigenvalue weighted by Gasteiger charge is -2.38. The van der Waals surface area contributed by atoms with Gasteiger partial charge in [0.15, 0.2) is 3.95 Å². The number of halogens is 1. The summed E-state index contributed by atoms with van der Waals surface area (Å²) < 4.78 is 7.78. The monoisotopic (exact) mass is 423 g/mol. The highest BCUT2D eigenvalue weighted by atomic mass is 35.5. The topological polar surface area (TPSA) is 72.4 Å². The second kappa shape index (κ2) is 7.26. The molecule has 142 valence electrons. The van der Waals surface area contributed by atoms with Crippen LogP contribution in [0, 0.1) is 9.87 Å². The average molecular weight is 424 g/mol. The Hall–Kier alpha value is -1.90. The van der Waals surface area contributed by atoms with Gasteiger partial charge in [-0.1, -0.05) is 23.5 Å². The molecule has 1 saturated carbocycles. The summed E-state index contributed by atoms with van der Waals surface area (Å²) in [4.78, 5) is 25.9. The number of hydrogen-bond acceptors (Lipinski definition) is 5. The van der Waals surface area contributed by atoms with Crippen molar-refractivity contribution < 1.29 is 14.3 Å². The van der Waals surface area contributed by atoms with Gasteiger partial charge >= 0.3 is 0 Å². The van der Waals surface area contributed by atoms with E-state index in [0.717, 1.165) is 12.8 Å². The van der Waals surface area contributed by atoms with Gasteiger partial charge in [0.25, 0.3) is 5.91 Å². The third-order valence-electron chi connectivity index (χ3n) is 5.06. The molecule has 0 bridgehead atoms. The van der Waals surface area contributed by atoms with Gasteiger partial charge in [-0.25, -0.2) is 0 Å². The van der Waals surface area contributed by atoms with E-state index in [1.807, 2.05) is 16.7 Å². The molecule has 3 atom stereocenters. The first kappa shape index (κ1) is 18.5. The minimum Gasteiger partial charge on any atom is -0.495 e. The smallest absolute Gasteiger partial charge is 0.269 e. The lowest BCUT2D eigenvalue weighted by atomic mass is 9.82. The molecule has 1 fully saturated rings. The Balaban J connectivity index is 1.69. The zero-order chi connectivity index (χ0) is 19.1. The van der Waals surface area contributed by atoms with Gasteiger partial charge in [-0.2, -0.15) is 0 Å². The van der Waals surface area contributed by atoms with Crippen LogP contribution < -0.4 is 15.4 Å². The summed E-state index contributed by atoms with van der Waals surface area (Å²) in [5.41, 5.74) is 0.561. The Kier molecular flexibility index (Phi) is 4.96. The fraction of sp³-hybridized carbons (Fsp3) is 0.389. The van der Waals surface area contributed by atoms with Crippen LogP contribution in [0.5, 0.6) is 5.75 Å². The Morgan fingerprint density at radius 3 is 2.96 bits per heavy atom. The summed E-state index contributed by atoms with van der Waals surface area (Å²) in [5.74, 6) is 0.419. The maximum absolute atomic E-state index is 12.9. The SMILES string of the molecule is COc1ccccc1NC(=O)c1sc(=S)n2c1NC(=O)C1CC(Cl)CCC12. The highest BCUT2D eigenvalue weighted by Crippen LogP contribution is 2.44. The van der Waals surface area contributed by atoms with Crippen molar-refractivity contribution in [1.82, 2.24) is 4.57 Å². The zero-order valence-electron chi connectivity index (χ0n) is 14.5. The average Bonchev–Trinajstić information content (AvgIpc) is 2.99. The quantitative estimate of drug-likeness (QED) is 0.565. The molecule has 2 aromatic rings. The van der Waals surface area contributed by atoms with Crippen molar-refractivity contribution in [3.63, 3.8) is 0 Å². The van der Waals surface area contributed by atoms with Crippen LogP contribution in [-0.2, 0) is 4.79 Å². The van der Waals surface area contributed by atoms with Crippen molar-refractivity contribution >= 4 is 58.5 Å². The second-order valence-electron chi connectivity index (χ2n) is 6.64. The van der Waals surface area contributed by atoms with E-state index in [4.69, 9.17) is 28.6 Å². The van der Waals surface area contributed by atoms with Crippen molar-refractivity contribution in [3.05, 3.63) is 33.1 Å². The van der Waals surface area contributed by atoms with Crippen molar-refractivity contribution in [1.29, 1.82) is 0 Å². The number of nitrogens with one attached hydrogen (secondary N) is 2. The van der Waals surface area contributed by atoms with E-state index in [1.165, 1.54) is 11.3 Å². The van der Waals surface area contributed by atoms with Gasteiger partial charge in [0.1, 0.15) is 16.4 Å². The number of ether oxygens (including phenoxy) is 1. The van der Waals surface area contributed by atoms with Crippen molar-refractivity contribution in [3.8, 4) is 5.75 Å². The predicted molar refractivity (Wildman–Crippen MR) is 109 cm³/mol. The Morgan fingerprint density at radius 2 is 2.19 bits per heavy atom. The molecule has 1 aliphatic heterocycles. The number of hydrogen-bond donors (Lipinski definition) is 2. The molecule has 4 rings (SSSR count). The molecular weight excluding hydrogens is 406 g/mol. The fourth-order valence-corrected chi connectivity index (χ4v) is 5.47. The molecule has 0 saturated heterocycles. The van der Waals surface area contributed by atoms with E-state index in [9.17, 15) is 9.59 Å². The van der Waals surface area contributed by atoms with Gasteiger partial charge in [0.2, 0.25) is 5.91 Å². The van der Waals surface area contributed by atoms with Crippen LogP contribution in [-0.4, -0.2) is 28.9 Å². The van der Waals surface area contributed by atoms with E-state index >= 15 is 0 Å². The van der Waals surface area contributed by atoms with Crippen LogP contribution in [0.25, 0.3) is 0 Å². The zero-order valence-corrected chi connectivity index (χ0v) is 16.9. The molecule has 0 radical (unpaired) electrons. The number of anilines is 2. The molecule has 9 heteroatoms. The molecule has 1 aromatic carbocycles. The van der Waals surface area contributed by atoms with Crippen LogP contribution in [0.2, 0.25) is 0 Å². The number of alkyl halides is 1. The van der Waals surface area contributed by atoms with Crippen molar-refractivity contribution in [2.24, 2.45) is 5.92 Å². The summed E-state index contributed by atoms with van der Waals surface area (Å²) in [6.07, 6.45) is 2.23. The third-order valence-corrected chi connectivity index (χ3v) is 6.86. The number of carbonyl (C=O) groups excluding carboxylic acids is 2. The summed E-state index contributed by atoms with van der Waals surface area (Å²) in [7, 11) is 1.54. The number of benzene rings is 1. The van der Waals surface area contributed by atoms with Gasteiger partial charge in [-0.05, 0) is 43.6 Å². The van der Waals surface area contributed by atoms with Gasteiger partial charge in [0, 0.05) is 11.4 Å². The Labute approximate surface area is 170 Å². The summed E-state index contributed by atoms with van der Waals surface area (Å²) in [5, 5.41) is 5.73. The fourth-order valence-electron chi connectivity index (χ4n) is 3.79. The molecule has 2 aliphatic rings. The highest BCUT2D eigenvalue weighted by molar-refractivity contribution is 7.73. The van der Waals surface area contributed by atoms with Gasteiger partial charge in [-0.3, -0.25) is 9.59 Å². The molecular formula is C18H18ClN3O3S2. The van der Waals surface area contributed by atoms with E-state index in [0.29, 0.717) is 32.5 Å². The molecule has 1 aliphatic carbocycles. The van der Waals surface area contributed by atoms with E-state index in [1.54, 1.807) is 19.2 Å². The summed E-state index contributed by atoms with van der Waals surface area (Å²) >= 11 is 13.0. The number of para-hydroxylation sites is 2. The molecule has 27 heavy (non-hydrogen) atoms. The van der Waals surface area contributed by atoms with Gasteiger partial charge < -0.3 is 19.9 Å². The molecule has 6 nitrogen and oxygen atoms in total. The molecule has 3 unspecified atom stereocenters. The number of amides is 2.